The van der Waals surface area contributed by atoms with E-state index in [0.717, 1.165) is 49.5 Å². The van der Waals surface area contributed by atoms with E-state index >= 15 is 0 Å². The van der Waals surface area contributed by atoms with Crippen LogP contribution in [0.5, 0.6) is 5.75 Å². The third kappa shape index (κ3) is 4.41. The smallest absolute Gasteiger partial charge is 0.278 e. The number of nitrogens with zero attached hydrogens (tertiary/aromatic N) is 4. The fourth-order valence-electron chi connectivity index (χ4n) is 3.63. The number of piperazine rings is 1. The van der Waals surface area contributed by atoms with E-state index in [9.17, 15) is 10.1 Å². The molecule has 0 radical (unpaired) electrons. The Bertz CT molecular complexity index is 1000. The van der Waals surface area contributed by atoms with Crippen molar-refractivity contribution in [3.8, 4) is 5.75 Å². The van der Waals surface area contributed by atoms with Gasteiger partial charge < -0.3 is 9.64 Å². The molecule has 1 aromatic heterocycles. The number of hydrogen-bond acceptors (Lipinski definition) is 6. The van der Waals surface area contributed by atoms with Crippen molar-refractivity contribution in [2.45, 2.75) is 0 Å². The number of nitro groups is 1. The van der Waals surface area contributed by atoms with Crippen molar-refractivity contribution < 1.29 is 9.66 Å². The molecule has 0 saturated carbocycles. The lowest BCUT2D eigenvalue weighted by molar-refractivity contribution is -0.383. The van der Waals surface area contributed by atoms with Gasteiger partial charge in [0.25, 0.3) is 5.69 Å². The van der Waals surface area contributed by atoms with Crippen molar-refractivity contribution in [3.63, 3.8) is 0 Å². The SMILES string of the molecule is O=[N+]([O-])c1ccc(N2CCN(CCOc3ccc(Cl)cc3)CC2)c2ccncc12. The predicted molar refractivity (Wildman–Crippen MR) is 114 cm³/mol. The average Bonchev–Trinajstić information content (AvgIpc) is 2.75. The molecular formula is C21H21ClN4O3. The molecule has 3 aromatic rings. The molecule has 0 bridgehead atoms. The molecule has 8 heteroatoms. The van der Waals surface area contributed by atoms with E-state index < -0.39 is 0 Å². The number of non-ortho nitro benzene ring substituents is 1. The molecule has 4 rings (SSSR count). The topological polar surface area (TPSA) is 71.7 Å². The summed E-state index contributed by atoms with van der Waals surface area (Å²) in [5.74, 6) is 0.819. The zero-order chi connectivity index (χ0) is 20.2. The van der Waals surface area contributed by atoms with Gasteiger partial charge in [0.05, 0.1) is 10.3 Å². The maximum absolute atomic E-state index is 11.3. The number of rotatable bonds is 6. The number of anilines is 1. The van der Waals surface area contributed by atoms with Crippen LogP contribution >= 0.6 is 11.6 Å². The molecule has 0 N–H and O–H groups in total. The van der Waals surface area contributed by atoms with Crippen LogP contribution in [-0.4, -0.2) is 54.1 Å². The van der Waals surface area contributed by atoms with Crippen molar-refractivity contribution in [2.24, 2.45) is 0 Å². The number of hydrogen-bond donors (Lipinski definition) is 0. The summed E-state index contributed by atoms with van der Waals surface area (Å²) >= 11 is 5.89. The fraction of sp³-hybridized carbons (Fsp3) is 0.286. The molecule has 2 aromatic carbocycles. The van der Waals surface area contributed by atoms with Crippen molar-refractivity contribution in [3.05, 3.63) is 70.0 Å². The van der Waals surface area contributed by atoms with Gasteiger partial charge in [0.2, 0.25) is 0 Å². The third-order valence-corrected chi connectivity index (χ3v) is 5.42. The summed E-state index contributed by atoms with van der Waals surface area (Å²) in [6, 6.07) is 12.7. The van der Waals surface area contributed by atoms with Gasteiger partial charge in [-0.3, -0.25) is 20.0 Å². The molecule has 1 fully saturated rings. The van der Waals surface area contributed by atoms with Crippen LogP contribution in [0.4, 0.5) is 11.4 Å². The first-order chi connectivity index (χ1) is 14.1. The van der Waals surface area contributed by atoms with E-state index in [1.165, 1.54) is 0 Å². The van der Waals surface area contributed by atoms with E-state index in [0.29, 0.717) is 17.0 Å². The first-order valence-corrected chi connectivity index (χ1v) is 9.86. The summed E-state index contributed by atoms with van der Waals surface area (Å²) in [6.45, 7) is 5.00. The number of halogens is 1. The molecule has 0 amide bonds. The highest BCUT2D eigenvalue weighted by molar-refractivity contribution is 6.30. The van der Waals surface area contributed by atoms with E-state index in [2.05, 4.69) is 14.8 Å². The van der Waals surface area contributed by atoms with Gasteiger partial charge in [-0.25, -0.2) is 0 Å². The summed E-state index contributed by atoms with van der Waals surface area (Å²) in [5.41, 5.74) is 1.11. The fourth-order valence-corrected chi connectivity index (χ4v) is 3.76. The van der Waals surface area contributed by atoms with Gasteiger partial charge in [0.15, 0.2) is 0 Å². The monoisotopic (exact) mass is 412 g/mol. The standard InChI is InChI=1S/C21H21ClN4O3/c22-16-1-3-17(4-2-16)29-14-13-24-9-11-25(12-10-24)20-5-6-21(26(27)28)19-15-23-8-7-18(19)20/h1-8,15H,9-14H2. The highest BCUT2D eigenvalue weighted by Gasteiger charge is 2.21. The molecule has 0 aliphatic carbocycles. The molecule has 0 spiro atoms. The maximum atomic E-state index is 11.3. The van der Waals surface area contributed by atoms with Gasteiger partial charge in [0.1, 0.15) is 12.4 Å². The molecule has 0 unspecified atom stereocenters. The van der Waals surface area contributed by atoms with Gasteiger partial charge >= 0.3 is 0 Å². The Labute approximate surface area is 173 Å². The second-order valence-corrected chi connectivity index (χ2v) is 7.35. The minimum absolute atomic E-state index is 0.0924. The minimum Gasteiger partial charge on any atom is -0.492 e. The van der Waals surface area contributed by atoms with Crippen LogP contribution in [0.1, 0.15) is 0 Å². The lowest BCUT2D eigenvalue weighted by Gasteiger charge is -2.36. The molecule has 7 nitrogen and oxygen atoms in total. The Morgan fingerprint density at radius 3 is 2.52 bits per heavy atom. The zero-order valence-electron chi connectivity index (χ0n) is 15.8. The van der Waals surface area contributed by atoms with Crippen molar-refractivity contribution in [1.29, 1.82) is 0 Å². The molecule has 1 aliphatic rings. The number of nitro benzene ring substituents is 1. The molecule has 1 saturated heterocycles. The van der Waals surface area contributed by atoms with Crippen LogP contribution in [0.3, 0.4) is 0 Å². The molecule has 1 aliphatic heterocycles. The second kappa shape index (κ2) is 8.63. The normalized spacial score (nSPS) is 14.9. The first kappa shape index (κ1) is 19.4. The van der Waals surface area contributed by atoms with Crippen LogP contribution in [0, 0.1) is 10.1 Å². The highest BCUT2D eigenvalue weighted by atomic mass is 35.5. The van der Waals surface area contributed by atoms with Crippen molar-refractivity contribution in [1.82, 2.24) is 9.88 Å². The Kier molecular flexibility index (Phi) is 5.78. The number of fused-ring (bicyclic) bond motifs is 1. The van der Waals surface area contributed by atoms with Crippen molar-refractivity contribution in [2.75, 3.05) is 44.2 Å². The summed E-state index contributed by atoms with van der Waals surface area (Å²) in [4.78, 5) is 19.7. The Balaban J connectivity index is 1.37. The minimum atomic E-state index is -0.355. The van der Waals surface area contributed by atoms with Gasteiger partial charge in [-0.2, -0.15) is 0 Å². The van der Waals surface area contributed by atoms with Crippen LogP contribution in [0.25, 0.3) is 10.8 Å². The Morgan fingerprint density at radius 1 is 1.03 bits per heavy atom. The first-order valence-electron chi connectivity index (χ1n) is 9.48. The predicted octanol–water partition coefficient (Wildman–Crippen LogP) is 4.00. The lowest BCUT2D eigenvalue weighted by atomic mass is 10.1. The molecular weight excluding hydrogens is 392 g/mol. The number of aromatic nitrogens is 1. The number of ether oxygens (including phenoxy) is 1. The average molecular weight is 413 g/mol. The maximum Gasteiger partial charge on any atom is 0.278 e. The molecule has 2 heterocycles. The number of pyridine rings is 1. The van der Waals surface area contributed by atoms with E-state index in [4.69, 9.17) is 16.3 Å². The summed E-state index contributed by atoms with van der Waals surface area (Å²) in [5, 5.41) is 13.4. The van der Waals surface area contributed by atoms with Crippen LogP contribution in [0.2, 0.25) is 5.02 Å². The largest absolute Gasteiger partial charge is 0.492 e. The highest BCUT2D eigenvalue weighted by Crippen LogP contribution is 2.33. The summed E-state index contributed by atoms with van der Waals surface area (Å²) < 4.78 is 5.78. The van der Waals surface area contributed by atoms with E-state index in [-0.39, 0.29) is 10.6 Å². The Hall–Kier alpha value is -2.90. The van der Waals surface area contributed by atoms with Gasteiger partial charge in [-0.05, 0) is 36.4 Å². The summed E-state index contributed by atoms with van der Waals surface area (Å²) in [6.07, 6.45) is 3.25. The van der Waals surface area contributed by atoms with Crippen LogP contribution in [-0.2, 0) is 0 Å². The van der Waals surface area contributed by atoms with Gasteiger partial charge in [0, 0.05) is 67.3 Å². The Morgan fingerprint density at radius 2 is 1.79 bits per heavy atom. The van der Waals surface area contributed by atoms with E-state index in [1.54, 1.807) is 18.5 Å². The van der Waals surface area contributed by atoms with Crippen LogP contribution < -0.4 is 9.64 Å². The van der Waals surface area contributed by atoms with Gasteiger partial charge in [-0.1, -0.05) is 11.6 Å². The number of benzene rings is 2. The molecule has 29 heavy (non-hydrogen) atoms. The quantitative estimate of drug-likeness (QED) is 0.450. The lowest BCUT2D eigenvalue weighted by Crippen LogP contribution is -2.47. The second-order valence-electron chi connectivity index (χ2n) is 6.91. The van der Waals surface area contributed by atoms with Gasteiger partial charge in [-0.15, -0.1) is 0 Å². The van der Waals surface area contributed by atoms with E-state index in [1.807, 2.05) is 36.4 Å². The molecule has 0 atom stereocenters. The zero-order valence-corrected chi connectivity index (χ0v) is 16.6. The third-order valence-electron chi connectivity index (χ3n) is 5.17. The summed E-state index contributed by atoms with van der Waals surface area (Å²) in [7, 11) is 0. The van der Waals surface area contributed by atoms with Crippen LogP contribution in [0.15, 0.2) is 54.9 Å². The molecule has 150 valence electrons. The van der Waals surface area contributed by atoms with Crippen molar-refractivity contribution >= 4 is 33.7 Å².